The molecule has 0 bridgehead atoms. The van der Waals surface area contributed by atoms with Crippen LogP contribution in [0.2, 0.25) is 0 Å². The molecule has 0 unspecified atom stereocenters. The minimum absolute atomic E-state index is 0.180. The molecule has 2 aromatic heterocycles. The Bertz CT molecular complexity index is 633. The molecule has 0 aliphatic heterocycles. The lowest BCUT2D eigenvalue weighted by atomic mass is 10.2. The van der Waals surface area contributed by atoms with Gasteiger partial charge in [0.1, 0.15) is 5.82 Å². The largest absolute Gasteiger partial charge is 0.385 e. The van der Waals surface area contributed by atoms with E-state index in [2.05, 4.69) is 20.7 Å². The van der Waals surface area contributed by atoms with Crippen LogP contribution in [0.25, 0.3) is 0 Å². The zero-order valence-electron chi connectivity index (χ0n) is 12.8. The fraction of sp³-hybridized carbons (Fsp3) is 0.400. The fourth-order valence-corrected chi connectivity index (χ4v) is 2.09. The Hall–Kier alpha value is -2.37. The summed E-state index contributed by atoms with van der Waals surface area (Å²) >= 11 is 0. The predicted molar refractivity (Wildman–Crippen MR) is 83.7 cm³/mol. The third-order valence-corrected chi connectivity index (χ3v) is 3.05. The first-order valence-electron chi connectivity index (χ1n) is 7.08. The number of carbonyl (C=O) groups excluding carboxylic acids is 1. The molecule has 6 nitrogen and oxygen atoms in total. The van der Waals surface area contributed by atoms with Gasteiger partial charge in [-0.3, -0.25) is 9.78 Å². The maximum absolute atomic E-state index is 12.5. The van der Waals surface area contributed by atoms with Crippen molar-refractivity contribution < 1.29 is 4.79 Å². The number of carbonyl (C=O) groups is 1. The Morgan fingerprint density at radius 2 is 2.19 bits per heavy atom. The van der Waals surface area contributed by atoms with E-state index in [-0.39, 0.29) is 11.9 Å². The summed E-state index contributed by atoms with van der Waals surface area (Å²) in [5, 5.41) is 10.3. The third-order valence-electron chi connectivity index (χ3n) is 3.05. The van der Waals surface area contributed by atoms with Crippen LogP contribution >= 0.6 is 0 Å². The van der Waals surface area contributed by atoms with Gasteiger partial charge in [0, 0.05) is 30.5 Å². The van der Waals surface area contributed by atoms with E-state index in [1.165, 1.54) is 0 Å². The number of hydrogen-bond donors (Lipinski definition) is 2. The molecular weight excluding hydrogens is 266 g/mol. The second-order valence-electron chi connectivity index (χ2n) is 5.11. The van der Waals surface area contributed by atoms with Crippen molar-refractivity contribution in [3.8, 4) is 0 Å². The van der Waals surface area contributed by atoms with E-state index < -0.39 is 0 Å². The molecule has 0 saturated heterocycles. The van der Waals surface area contributed by atoms with Crippen molar-refractivity contribution >= 4 is 17.4 Å². The Morgan fingerprint density at radius 3 is 2.86 bits per heavy atom. The quantitative estimate of drug-likeness (QED) is 0.887. The van der Waals surface area contributed by atoms with E-state index in [9.17, 15) is 4.79 Å². The number of hydrogen-bond acceptors (Lipinski definition) is 4. The molecule has 21 heavy (non-hydrogen) atoms. The van der Waals surface area contributed by atoms with Crippen LogP contribution in [0.1, 0.15) is 42.9 Å². The average Bonchev–Trinajstić information content (AvgIpc) is 2.87. The zero-order chi connectivity index (χ0) is 15.4. The van der Waals surface area contributed by atoms with Crippen molar-refractivity contribution in [3.63, 3.8) is 0 Å². The topological polar surface area (TPSA) is 71.8 Å². The molecule has 0 aliphatic carbocycles. The number of amides is 1. The highest BCUT2D eigenvalue weighted by Gasteiger charge is 2.15. The fourth-order valence-electron chi connectivity index (χ4n) is 2.09. The maximum Gasteiger partial charge on any atom is 0.260 e. The van der Waals surface area contributed by atoms with Gasteiger partial charge < -0.3 is 10.6 Å². The lowest BCUT2D eigenvalue weighted by Gasteiger charge is -2.14. The van der Waals surface area contributed by atoms with E-state index in [0.717, 1.165) is 17.9 Å². The van der Waals surface area contributed by atoms with Crippen molar-refractivity contribution in [1.82, 2.24) is 14.8 Å². The molecule has 0 saturated carbocycles. The van der Waals surface area contributed by atoms with Crippen LogP contribution in [0, 0.1) is 6.92 Å². The summed E-state index contributed by atoms with van der Waals surface area (Å²) in [6, 6.07) is 3.84. The average molecular weight is 287 g/mol. The summed E-state index contributed by atoms with van der Waals surface area (Å²) in [5.74, 6) is 0.485. The third kappa shape index (κ3) is 3.39. The van der Waals surface area contributed by atoms with Gasteiger partial charge in [0.15, 0.2) is 0 Å². The number of aromatic nitrogens is 3. The predicted octanol–water partition coefficient (Wildman–Crippen LogP) is 2.85. The van der Waals surface area contributed by atoms with E-state index in [0.29, 0.717) is 11.4 Å². The summed E-state index contributed by atoms with van der Waals surface area (Å²) in [6.45, 7) is 8.66. The molecule has 0 spiro atoms. The number of aryl methyl sites for hydroxylation is 1. The smallest absolute Gasteiger partial charge is 0.260 e. The summed E-state index contributed by atoms with van der Waals surface area (Å²) in [6.07, 6.45) is 3.27. The highest BCUT2D eigenvalue weighted by atomic mass is 16.1. The molecule has 2 aromatic rings. The van der Waals surface area contributed by atoms with Gasteiger partial charge in [0.2, 0.25) is 0 Å². The SMILES string of the molecule is CCNc1cc(C)ncc1C(=O)Nc1ccnn1C(C)C. The van der Waals surface area contributed by atoms with Gasteiger partial charge in [-0.1, -0.05) is 0 Å². The van der Waals surface area contributed by atoms with Crippen LogP contribution in [0.5, 0.6) is 0 Å². The first kappa shape index (κ1) is 15.0. The molecule has 112 valence electrons. The van der Waals surface area contributed by atoms with Crippen LogP contribution in [-0.2, 0) is 0 Å². The molecule has 1 amide bonds. The van der Waals surface area contributed by atoms with Crippen molar-refractivity contribution in [2.45, 2.75) is 33.7 Å². The van der Waals surface area contributed by atoms with Crippen LogP contribution in [0.4, 0.5) is 11.5 Å². The number of nitrogens with one attached hydrogen (secondary N) is 2. The lowest BCUT2D eigenvalue weighted by Crippen LogP contribution is -2.18. The number of anilines is 2. The highest BCUT2D eigenvalue weighted by Crippen LogP contribution is 2.19. The van der Waals surface area contributed by atoms with Crippen LogP contribution in [0.3, 0.4) is 0 Å². The minimum Gasteiger partial charge on any atom is -0.385 e. The van der Waals surface area contributed by atoms with Gasteiger partial charge in [-0.05, 0) is 33.8 Å². The lowest BCUT2D eigenvalue weighted by molar-refractivity contribution is 0.102. The second kappa shape index (κ2) is 6.39. The normalized spacial score (nSPS) is 10.7. The number of rotatable bonds is 5. The highest BCUT2D eigenvalue weighted by molar-refractivity contribution is 6.07. The van der Waals surface area contributed by atoms with Gasteiger partial charge >= 0.3 is 0 Å². The van der Waals surface area contributed by atoms with E-state index in [4.69, 9.17) is 0 Å². The van der Waals surface area contributed by atoms with Crippen LogP contribution in [-0.4, -0.2) is 27.2 Å². The molecule has 6 heteroatoms. The first-order valence-corrected chi connectivity index (χ1v) is 7.08. The van der Waals surface area contributed by atoms with Crippen molar-refractivity contribution in [1.29, 1.82) is 0 Å². The van der Waals surface area contributed by atoms with Gasteiger partial charge in [-0.15, -0.1) is 0 Å². The van der Waals surface area contributed by atoms with Gasteiger partial charge in [-0.2, -0.15) is 5.10 Å². The number of nitrogens with zero attached hydrogens (tertiary/aromatic N) is 3. The molecule has 2 heterocycles. The van der Waals surface area contributed by atoms with Gasteiger partial charge in [0.05, 0.1) is 17.4 Å². The van der Waals surface area contributed by atoms with Gasteiger partial charge in [-0.25, -0.2) is 4.68 Å². The summed E-state index contributed by atoms with van der Waals surface area (Å²) in [4.78, 5) is 16.7. The molecular formula is C15H21N5O. The van der Waals surface area contributed by atoms with E-state index >= 15 is 0 Å². The van der Waals surface area contributed by atoms with Gasteiger partial charge in [0.25, 0.3) is 5.91 Å². The molecule has 0 aliphatic rings. The zero-order valence-corrected chi connectivity index (χ0v) is 12.8. The molecule has 0 radical (unpaired) electrons. The Balaban J connectivity index is 2.26. The Morgan fingerprint density at radius 1 is 1.43 bits per heavy atom. The monoisotopic (exact) mass is 287 g/mol. The Kier molecular flexibility index (Phi) is 4.57. The second-order valence-corrected chi connectivity index (χ2v) is 5.11. The summed E-state index contributed by atoms with van der Waals surface area (Å²) in [7, 11) is 0. The molecule has 0 atom stereocenters. The van der Waals surface area contributed by atoms with Crippen LogP contribution in [0.15, 0.2) is 24.5 Å². The molecule has 0 aromatic carbocycles. The number of pyridine rings is 1. The van der Waals surface area contributed by atoms with E-state index in [1.54, 1.807) is 23.1 Å². The summed E-state index contributed by atoms with van der Waals surface area (Å²) < 4.78 is 1.77. The first-order chi connectivity index (χ1) is 10.0. The molecule has 0 fully saturated rings. The standard InChI is InChI=1S/C15H21N5O/c1-5-16-13-8-11(4)17-9-12(13)15(21)19-14-6-7-18-20(14)10(2)3/h6-10H,5H2,1-4H3,(H,16,17)(H,19,21). The molecule has 2 N–H and O–H groups in total. The van der Waals surface area contributed by atoms with Crippen LogP contribution < -0.4 is 10.6 Å². The van der Waals surface area contributed by atoms with Crippen molar-refractivity contribution in [2.75, 3.05) is 17.2 Å². The maximum atomic E-state index is 12.5. The Labute approximate surface area is 124 Å². The van der Waals surface area contributed by atoms with Crippen molar-refractivity contribution in [3.05, 3.63) is 35.8 Å². The van der Waals surface area contributed by atoms with Crippen molar-refractivity contribution in [2.24, 2.45) is 0 Å². The molecule has 2 rings (SSSR count). The van der Waals surface area contributed by atoms with E-state index in [1.807, 2.05) is 33.8 Å². The minimum atomic E-state index is -0.194. The summed E-state index contributed by atoms with van der Waals surface area (Å²) in [5.41, 5.74) is 2.19.